The smallest absolute Gasteiger partial charge is 0.212 e. The number of alkyl halides is 2. The number of Topliss-reactive ketones (excluding diaryl/α,β-unsaturated/α-hetero) is 3. The summed E-state index contributed by atoms with van der Waals surface area (Å²) in [7, 11) is 0. The lowest BCUT2D eigenvalue weighted by Crippen LogP contribution is -2.35. The number of aliphatic imine (C=N–C) groups is 2. The average Bonchev–Trinajstić information content (AvgIpc) is 3.82. The lowest BCUT2D eigenvalue weighted by molar-refractivity contribution is -0.123. The van der Waals surface area contributed by atoms with Crippen molar-refractivity contribution < 1.29 is 27.6 Å². The molecule has 4 atom stereocenters. The molecule has 0 bridgehead atoms. The Kier molecular flexibility index (Phi) is 7.30. The molecule has 3 aromatic rings. The standard InChI is InChI=1S/C35H25F3N4O3S2/c1-4-35(5-2)20-10-25(41-28-27(15(12-39)13-40)16-6-14(3)22(36)7-17(16)30(28)43)46-33(20)34-21(35)11-26(47-34)42-29-31(44)18-8-23(37)24(38)9-19(18)32(29)45/h6-7,10-11,18-19,23-24H,4-5,8-9H2,1-3H3. The maximum Gasteiger partial charge on any atom is 0.212 e. The SMILES string of the molecule is CCC1(CC)c2cc(N=C3C(=O)C4CC(F)C(F)CC4C3=O)sc2-c2sc(N=C3C(=O)c4cc(F)c(C)cc4C3=C(C#N)C#N)cc21. The zero-order valence-corrected chi connectivity index (χ0v) is 27.0. The van der Waals surface area contributed by atoms with Crippen LogP contribution in [-0.2, 0) is 15.0 Å². The molecule has 1 aromatic carbocycles. The Bertz CT molecular complexity index is 2090. The second kappa shape index (κ2) is 11.0. The van der Waals surface area contributed by atoms with Crippen molar-refractivity contribution in [2.45, 2.75) is 64.2 Å². The van der Waals surface area contributed by atoms with E-state index in [2.05, 4.69) is 9.98 Å². The summed E-state index contributed by atoms with van der Waals surface area (Å²) in [6, 6.07) is 10.0. The van der Waals surface area contributed by atoms with Gasteiger partial charge in [-0.25, -0.2) is 23.2 Å². The Morgan fingerprint density at radius 3 is 1.85 bits per heavy atom. The topological polar surface area (TPSA) is 124 Å². The van der Waals surface area contributed by atoms with Crippen molar-refractivity contribution in [1.29, 1.82) is 10.5 Å². The first-order valence-corrected chi connectivity index (χ1v) is 16.8. The molecule has 4 aliphatic rings. The van der Waals surface area contributed by atoms with Crippen molar-refractivity contribution in [3.63, 3.8) is 0 Å². The fraction of sp³-hybridized carbons (Fsp3) is 0.343. The number of fused-ring (bicyclic) bond motifs is 5. The number of thiophene rings is 2. The van der Waals surface area contributed by atoms with E-state index in [1.807, 2.05) is 38.1 Å². The summed E-state index contributed by atoms with van der Waals surface area (Å²) in [5, 5.41) is 20.3. The predicted molar refractivity (Wildman–Crippen MR) is 173 cm³/mol. The minimum Gasteiger partial charge on any atom is -0.292 e. The molecule has 0 amide bonds. The maximum absolute atomic E-state index is 14.5. The molecule has 0 radical (unpaired) electrons. The highest BCUT2D eigenvalue weighted by atomic mass is 32.1. The molecule has 2 aromatic heterocycles. The number of halogens is 3. The van der Waals surface area contributed by atoms with Crippen LogP contribution in [0.3, 0.4) is 0 Å². The molecule has 0 N–H and O–H groups in total. The quantitative estimate of drug-likeness (QED) is 0.260. The summed E-state index contributed by atoms with van der Waals surface area (Å²) in [5.74, 6) is -4.02. The molecule has 2 saturated carbocycles. The number of nitrogens with zero attached hydrogens (tertiary/aromatic N) is 4. The molecule has 0 aliphatic heterocycles. The van der Waals surface area contributed by atoms with E-state index in [0.29, 0.717) is 22.8 Å². The molecule has 4 aliphatic carbocycles. The molecule has 4 unspecified atom stereocenters. The van der Waals surface area contributed by atoms with Crippen molar-refractivity contribution in [3.05, 3.63) is 63.5 Å². The number of aryl methyl sites for hydroxylation is 1. The van der Waals surface area contributed by atoms with Gasteiger partial charge in [-0.15, -0.1) is 22.7 Å². The summed E-state index contributed by atoms with van der Waals surface area (Å²) in [5.41, 5.74) is 1.52. The van der Waals surface area contributed by atoms with Crippen LogP contribution in [0.5, 0.6) is 0 Å². The van der Waals surface area contributed by atoms with Crippen LogP contribution in [0.25, 0.3) is 15.3 Å². The van der Waals surface area contributed by atoms with Gasteiger partial charge >= 0.3 is 0 Å². The van der Waals surface area contributed by atoms with Gasteiger partial charge in [0, 0.05) is 28.4 Å². The van der Waals surface area contributed by atoms with E-state index in [1.165, 1.54) is 35.7 Å². The molecule has 236 valence electrons. The molecular formula is C35H25F3N4O3S2. The van der Waals surface area contributed by atoms with Crippen molar-refractivity contribution in [2.24, 2.45) is 21.8 Å². The maximum atomic E-state index is 14.5. The highest BCUT2D eigenvalue weighted by molar-refractivity contribution is 7.26. The molecule has 0 spiro atoms. The van der Waals surface area contributed by atoms with Crippen molar-refractivity contribution in [1.82, 2.24) is 0 Å². The summed E-state index contributed by atoms with van der Waals surface area (Å²) in [4.78, 5) is 50.7. The molecule has 47 heavy (non-hydrogen) atoms. The Hall–Kier alpha value is -4.52. The number of carbonyl (C=O) groups excluding carboxylic acids is 3. The van der Waals surface area contributed by atoms with E-state index in [4.69, 9.17) is 0 Å². The van der Waals surface area contributed by atoms with Crippen LogP contribution in [0.15, 0.2) is 39.8 Å². The van der Waals surface area contributed by atoms with Crippen LogP contribution in [0.2, 0.25) is 0 Å². The summed E-state index contributed by atoms with van der Waals surface area (Å²) in [6.07, 6.45) is -2.81. The van der Waals surface area contributed by atoms with Gasteiger partial charge in [-0.1, -0.05) is 13.8 Å². The van der Waals surface area contributed by atoms with Gasteiger partial charge in [0.1, 0.15) is 51.6 Å². The van der Waals surface area contributed by atoms with Crippen molar-refractivity contribution in [3.8, 4) is 21.9 Å². The van der Waals surface area contributed by atoms with Gasteiger partial charge in [0.15, 0.2) is 17.3 Å². The van der Waals surface area contributed by atoms with Crippen LogP contribution in [0.4, 0.5) is 23.2 Å². The van der Waals surface area contributed by atoms with Gasteiger partial charge in [0.25, 0.3) is 0 Å². The third kappa shape index (κ3) is 4.38. The molecule has 7 rings (SSSR count). The Morgan fingerprint density at radius 1 is 0.851 bits per heavy atom. The van der Waals surface area contributed by atoms with Gasteiger partial charge in [-0.2, -0.15) is 10.5 Å². The summed E-state index contributed by atoms with van der Waals surface area (Å²) >= 11 is 2.62. The number of rotatable bonds is 4. The van der Waals surface area contributed by atoms with Crippen molar-refractivity contribution >= 4 is 67.0 Å². The van der Waals surface area contributed by atoms with Crippen LogP contribution >= 0.6 is 22.7 Å². The minimum atomic E-state index is -1.78. The van der Waals surface area contributed by atoms with Crippen molar-refractivity contribution in [2.75, 3.05) is 0 Å². The zero-order chi connectivity index (χ0) is 33.5. The Balaban J connectivity index is 1.32. The van der Waals surface area contributed by atoms with Gasteiger partial charge in [0.2, 0.25) is 5.78 Å². The predicted octanol–water partition coefficient (Wildman–Crippen LogP) is 8.04. The second-order valence-corrected chi connectivity index (χ2v) is 14.3. The van der Waals surface area contributed by atoms with Crippen LogP contribution in [-0.4, -0.2) is 41.1 Å². The first-order chi connectivity index (χ1) is 22.5. The minimum absolute atomic E-state index is 0.0367. The summed E-state index contributed by atoms with van der Waals surface area (Å²) < 4.78 is 42.6. The monoisotopic (exact) mass is 670 g/mol. The largest absolute Gasteiger partial charge is 0.292 e. The molecule has 0 saturated heterocycles. The third-order valence-electron chi connectivity index (χ3n) is 10.0. The lowest BCUT2D eigenvalue weighted by Gasteiger charge is -2.27. The van der Waals surface area contributed by atoms with Crippen LogP contribution in [0.1, 0.15) is 72.1 Å². The van der Waals surface area contributed by atoms with Crippen LogP contribution < -0.4 is 0 Å². The first-order valence-electron chi connectivity index (χ1n) is 15.2. The van der Waals surface area contributed by atoms with E-state index < -0.39 is 52.8 Å². The van der Waals surface area contributed by atoms with E-state index >= 15 is 0 Å². The number of allylic oxidation sites excluding steroid dienone is 2. The number of nitriles is 2. The van der Waals surface area contributed by atoms with Gasteiger partial charge in [-0.3, -0.25) is 14.4 Å². The number of hydrogen-bond acceptors (Lipinski definition) is 9. The number of ketones is 3. The molecule has 2 fully saturated rings. The van der Waals surface area contributed by atoms with Gasteiger partial charge in [0.05, 0.1) is 9.75 Å². The number of hydrogen-bond donors (Lipinski definition) is 0. The molecule has 2 heterocycles. The average molecular weight is 671 g/mol. The number of benzene rings is 1. The second-order valence-electron chi connectivity index (χ2n) is 12.3. The van der Waals surface area contributed by atoms with Gasteiger partial charge < -0.3 is 0 Å². The normalized spacial score (nSPS) is 24.6. The highest BCUT2D eigenvalue weighted by Gasteiger charge is 2.53. The Morgan fingerprint density at radius 2 is 1.36 bits per heavy atom. The lowest BCUT2D eigenvalue weighted by atomic mass is 9.75. The molecule has 7 nitrogen and oxygen atoms in total. The molecule has 12 heteroatoms. The van der Waals surface area contributed by atoms with Gasteiger partial charge in [-0.05, 0) is 79.1 Å². The first kappa shape index (κ1) is 31.1. The third-order valence-corrected chi connectivity index (χ3v) is 12.3. The van der Waals surface area contributed by atoms with E-state index in [1.54, 1.807) is 0 Å². The van der Waals surface area contributed by atoms with E-state index in [9.17, 15) is 38.1 Å². The fourth-order valence-corrected chi connectivity index (χ4v) is 9.93. The Labute approximate surface area is 275 Å². The van der Waals surface area contributed by atoms with E-state index in [-0.39, 0.29) is 52.1 Å². The van der Waals surface area contributed by atoms with Crippen LogP contribution in [0, 0.1) is 47.2 Å². The van der Waals surface area contributed by atoms with E-state index in [0.717, 1.165) is 26.9 Å². The number of carbonyl (C=O) groups is 3. The summed E-state index contributed by atoms with van der Waals surface area (Å²) in [6.45, 7) is 5.63. The fourth-order valence-electron chi connectivity index (χ4n) is 7.50. The zero-order valence-electron chi connectivity index (χ0n) is 25.4. The highest BCUT2D eigenvalue weighted by Crippen LogP contribution is 2.61. The molecular weight excluding hydrogens is 646 g/mol.